The van der Waals surface area contributed by atoms with E-state index in [9.17, 15) is 4.79 Å². The first kappa shape index (κ1) is 24.9. The Kier molecular flexibility index (Phi) is 8.68. The molecule has 0 radical (unpaired) electrons. The summed E-state index contributed by atoms with van der Waals surface area (Å²) in [6.07, 6.45) is 4.66. The lowest BCUT2D eigenvalue weighted by Gasteiger charge is -2.52. The van der Waals surface area contributed by atoms with Crippen molar-refractivity contribution in [2.75, 3.05) is 26.2 Å². The maximum atomic E-state index is 13.3. The number of hydrogen-bond donors (Lipinski definition) is 0. The largest absolute Gasteiger partial charge is 1.00 e. The molecule has 4 nitrogen and oxygen atoms in total. The van der Waals surface area contributed by atoms with E-state index in [-0.39, 0.29) is 29.2 Å². The Morgan fingerprint density at radius 2 is 1.52 bits per heavy atom. The molecule has 0 aliphatic carbocycles. The van der Waals surface area contributed by atoms with Crippen LogP contribution >= 0.6 is 34.0 Å². The molecule has 6 rings (SSSR count). The van der Waals surface area contributed by atoms with Gasteiger partial charge in [-0.3, -0.25) is 4.90 Å². The molecule has 3 aromatic rings. The number of halogens is 1. The smallest absolute Gasteiger partial charge is 0.410 e. The van der Waals surface area contributed by atoms with E-state index in [1.807, 2.05) is 28.4 Å². The number of hydrogen-bond acceptors (Lipinski definition) is 5. The number of quaternary nitrogens is 1. The molecule has 1 atom stereocenters. The summed E-state index contributed by atoms with van der Waals surface area (Å²) in [4.78, 5) is 19.1. The van der Waals surface area contributed by atoms with Crippen LogP contribution in [0.4, 0.5) is 4.79 Å². The quantitative estimate of drug-likeness (QED) is 0.372. The van der Waals surface area contributed by atoms with E-state index in [4.69, 9.17) is 4.74 Å². The number of piperidine rings is 3. The second-order valence-corrected chi connectivity index (χ2v) is 12.2. The molecule has 33 heavy (non-hydrogen) atoms. The second-order valence-electron chi connectivity index (χ2n) is 9.15. The molecule has 3 aliphatic heterocycles. The molecule has 3 saturated heterocycles. The number of carbonyl (C=O) groups excluding carboxylic acids is 1. The summed E-state index contributed by atoms with van der Waals surface area (Å²) in [6.45, 7) is 5.92. The van der Waals surface area contributed by atoms with Crippen LogP contribution in [0.5, 0.6) is 0 Å². The van der Waals surface area contributed by atoms with Crippen LogP contribution in [0.3, 0.4) is 0 Å². The van der Waals surface area contributed by atoms with Gasteiger partial charge < -0.3 is 26.2 Å². The van der Waals surface area contributed by atoms with Crippen molar-refractivity contribution in [1.82, 2.24) is 4.90 Å². The highest BCUT2D eigenvalue weighted by Gasteiger charge is 2.47. The molecule has 2 bridgehead atoms. The van der Waals surface area contributed by atoms with E-state index in [1.54, 1.807) is 22.7 Å². The molecular formula is C25H31BrN2O2S3. The fourth-order valence-corrected chi connectivity index (χ4v) is 7.47. The Labute approximate surface area is 219 Å². The topological polar surface area (TPSA) is 29.5 Å². The maximum Gasteiger partial charge on any atom is 0.410 e. The van der Waals surface area contributed by atoms with Gasteiger partial charge in [0.2, 0.25) is 0 Å². The Bertz CT molecular complexity index is 931. The third-order valence-corrected chi connectivity index (χ3v) is 9.70. The zero-order valence-electron chi connectivity index (χ0n) is 18.7. The van der Waals surface area contributed by atoms with Crippen LogP contribution in [0, 0.1) is 5.92 Å². The van der Waals surface area contributed by atoms with E-state index >= 15 is 0 Å². The fourth-order valence-electron chi connectivity index (χ4n) is 5.28. The molecule has 0 N–H and O–H groups in total. The lowest BCUT2D eigenvalue weighted by atomic mass is 9.83. The van der Waals surface area contributed by atoms with Crippen molar-refractivity contribution in [3.63, 3.8) is 0 Å². The lowest BCUT2D eigenvalue weighted by Crippen LogP contribution is -3.00. The number of thiophene rings is 3. The van der Waals surface area contributed by atoms with Crippen molar-refractivity contribution in [3.05, 3.63) is 67.2 Å². The maximum absolute atomic E-state index is 13.3. The van der Waals surface area contributed by atoms with E-state index in [0.29, 0.717) is 19.0 Å². The predicted octanol–water partition coefficient (Wildman–Crippen LogP) is 3.26. The van der Waals surface area contributed by atoms with Crippen LogP contribution in [0.2, 0.25) is 0 Å². The van der Waals surface area contributed by atoms with Gasteiger partial charge in [0, 0.05) is 39.8 Å². The Hall–Kier alpha value is -1.19. The Balaban J connectivity index is 0.00000259. The standard InChI is InChI=1S/C25H31N2O2S3.BrH/c28-25(26(17-22-7-3-15-31-22)18-23-8-4-16-32-23)29-24-19-27(12-9-20(24)10-13-27)11-1-5-21-6-2-14-30-21;/h2-4,6-8,14-16,20,24H,1,5,9-13,17-19H2;1H/q+1;/p-1/t20?,24-,27?;/m0./s1. The zero-order chi connectivity index (χ0) is 21.8. The monoisotopic (exact) mass is 566 g/mol. The minimum absolute atomic E-state index is 0. The van der Waals surface area contributed by atoms with Crippen molar-refractivity contribution in [2.24, 2.45) is 5.92 Å². The summed E-state index contributed by atoms with van der Waals surface area (Å²) in [7, 11) is 0. The van der Waals surface area contributed by atoms with E-state index in [1.165, 1.54) is 59.9 Å². The minimum atomic E-state index is -0.151. The molecule has 0 unspecified atom stereocenters. The fraction of sp³-hybridized carbons (Fsp3) is 0.480. The summed E-state index contributed by atoms with van der Waals surface area (Å²) in [5.74, 6) is 0.529. The third kappa shape index (κ3) is 6.28. The summed E-state index contributed by atoms with van der Waals surface area (Å²) >= 11 is 5.26. The number of rotatable bonds is 9. The molecule has 3 aromatic heterocycles. The van der Waals surface area contributed by atoms with Crippen molar-refractivity contribution >= 4 is 40.1 Å². The lowest BCUT2D eigenvalue weighted by molar-refractivity contribution is -0.946. The molecule has 3 aliphatic rings. The average molecular weight is 568 g/mol. The van der Waals surface area contributed by atoms with Crippen LogP contribution in [0.25, 0.3) is 0 Å². The first-order chi connectivity index (χ1) is 15.7. The summed E-state index contributed by atoms with van der Waals surface area (Å²) < 4.78 is 7.38. The molecule has 1 amide bonds. The molecule has 178 valence electrons. The number of nitrogens with zero attached hydrogens (tertiary/aromatic N) is 2. The highest BCUT2D eigenvalue weighted by atomic mass is 79.9. The highest BCUT2D eigenvalue weighted by Crippen LogP contribution is 2.36. The Morgan fingerprint density at radius 1 is 0.939 bits per heavy atom. The van der Waals surface area contributed by atoms with Gasteiger partial charge in [0.25, 0.3) is 0 Å². The van der Waals surface area contributed by atoms with Gasteiger partial charge in [0.1, 0.15) is 6.54 Å². The average Bonchev–Trinajstić information content (AvgIpc) is 3.58. The SMILES string of the molecule is O=C(O[C@H]1C[N+]2(CCCc3cccs3)CCC1CC2)N(Cc1cccs1)Cc1cccs1.[Br-]. The number of aryl methyl sites for hydroxylation is 1. The third-order valence-electron chi connectivity index (χ3n) is 7.04. The molecule has 0 saturated carbocycles. The summed E-state index contributed by atoms with van der Waals surface area (Å²) in [6, 6.07) is 12.7. The van der Waals surface area contributed by atoms with Gasteiger partial charge >= 0.3 is 6.09 Å². The highest BCUT2D eigenvalue weighted by molar-refractivity contribution is 7.10. The van der Waals surface area contributed by atoms with Crippen LogP contribution in [-0.4, -0.2) is 47.8 Å². The van der Waals surface area contributed by atoms with Gasteiger partial charge in [-0.25, -0.2) is 4.79 Å². The number of ether oxygens (including phenoxy) is 1. The molecule has 6 heterocycles. The van der Waals surface area contributed by atoms with Gasteiger partial charge in [0.05, 0.1) is 32.7 Å². The molecule has 0 aromatic carbocycles. The van der Waals surface area contributed by atoms with Crippen molar-refractivity contribution in [2.45, 2.75) is 44.9 Å². The van der Waals surface area contributed by atoms with Gasteiger partial charge in [0.15, 0.2) is 6.10 Å². The van der Waals surface area contributed by atoms with Crippen molar-refractivity contribution < 1.29 is 31.0 Å². The molecule has 0 spiro atoms. The summed E-state index contributed by atoms with van der Waals surface area (Å²) in [5.41, 5.74) is 0. The Morgan fingerprint density at radius 3 is 2.06 bits per heavy atom. The van der Waals surface area contributed by atoms with Crippen LogP contribution in [0.1, 0.15) is 33.9 Å². The van der Waals surface area contributed by atoms with E-state index in [0.717, 1.165) is 11.0 Å². The normalized spacial score (nSPS) is 23.8. The molecular weight excluding hydrogens is 536 g/mol. The van der Waals surface area contributed by atoms with E-state index in [2.05, 4.69) is 40.4 Å². The van der Waals surface area contributed by atoms with Crippen molar-refractivity contribution in [1.29, 1.82) is 0 Å². The number of amides is 1. The minimum Gasteiger partial charge on any atom is -1.00 e. The zero-order valence-corrected chi connectivity index (χ0v) is 22.8. The first-order valence-electron chi connectivity index (χ1n) is 11.6. The number of carbonyl (C=O) groups is 1. The molecule has 8 heteroatoms. The van der Waals surface area contributed by atoms with Gasteiger partial charge in [-0.2, -0.15) is 0 Å². The van der Waals surface area contributed by atoms with E-state index < -0.39 is 0 Å². The van der Waals surface area contributed by atoms with Crippen LogP contribution < -0.4 is 17.0 Å². The van der Waals surface area contributed by atoms with Gasteiger partial charge in [-0.15, -0.1) is 34.0 Å². The first-order valence-corrected chi connectivity index (χ1v) is 14.2. The van der Waals surface area contributed by atoms with Gasteiger partial charge in [-0.05, 0) is 40.8 Å². The number of fused-ring (bicyclic) bond motifs is 3. The van der Waals surface area contributed by atoms with Crippen LogP contribution in [0.15, 0.2) is 52.5 Å². The second kappa shape index (κ2) is 11.5. The van der Waals surface area contributed by atoms with Crippen LogP contribution in [-0.2, 0) is 24.2 Å². The predicted molar refractivity (Wildman–Crippen MR) is 133 cm³/mol. The summed E-state index contributed by atoms with van der Waals surface area (Å²) in [5, 5.41) is 6.31. The van der Waals surface area contributed by atoms with Crippen molar-refractivity contribution in [3.8, 4) is 0 Å². The molecule has 3 fully saturated rings. The van der Waals surface area contributed by atoms with Gasteiger partial charge in [-0.1, -0.05) is 18.2 Å².